The third-order valence-corrected chi connectivity index (χ3v) is 2.98. The Hall–Kier alpha value is -2.36. The van der Waals surface area contributed by atoms with Crippen molar-refractivity contribution < 1.29 is 14.6 Å². The van der Waals surface area contributed by atoms with Gasteiger partial charge in [-0.25, -0.2) is 4.79 Å². The van der Waals surface area contributed by atoms with Gasteiger partial charge in [0.15, 0.2) is 0 Å². The number of aromatic carboxylic acids is 1. The molecule has 0 bridgehead atoms. The van der Waals surface area contributed by atoms with Crippen LogP contribution in [0, 0.1) is 0 Å². The maximum atomic E-state index is 11.2. The SMILES string of the molecule is CCCCOc1cc(-c2ccncc2)ccc1C(=O)O. The number of hydrogen-bond acceptors (Lipinski definition) is 3. The molecule has 2 aromatic rings. The first-order valence-corrected chi connectivity index (χ1v) is 6.63. The number of aromatic nitrogens is 1. The van der Waals surface area contributed by atoms with Crippen molar-refractivity contribution in [1.29, 1.82) is 0 Å². The van der Waals surface area contributed by atoms with Gasteiger partial charge < -0.3 is 9.84 Å². The highest BCUT2D eigenvalue weighted by Gasteiger charge is 2.12. The predicted molar refractivity (Wildman–Crippen MR) is 77.0 cm³/mol. The fourth-order valence-corrected chi connectivity index (χ4v) is 1.87. The first kappa shape index (κ1) is 14.1. The Kier molecular flexibility index (Phi) is 4.71. The van der Waals surface area contributed by atoms with E-state index in [1.807, 2.05) is 12.1 Å². The molecule has 0 atom stereocenters. The molecule has 0 unspecified atom stereocenters. The lowest BCUT2D eigenvalue weighted by Gasteiger charge is -2.11. The summed E-state index contributed by atoms with van der Waals surface area (Å²) in [4.78, 5) is 15.2. The van der Waals surface area contributed by atoms with E-state index in [1.54, 1.807) is 30.6 Å². The second kappa shape index (κ2) is 6.70. The van der Waals surface area contributed by atoms with E-state index in [1.165, 1.54) is 0 Å². The smallest absolute Gasteiger partial charge is 0.339 e. The Bertz CT molecular complexity index is 582. The predicted octanol–water partition coefficient (Wildman–Crippen LogP) is 3.63. The molecule has 0 saturated heterocycles. The second-order valence-corrected chi connectivity index (χ2v) is 4.45. The molecule has 1 N–H and O–H groups in total. The molecule has 0 aliphatic rings. The van der Waals surface area contributed by atoms with Gasteiger partial charge in [0.2, 0.25) is 0 Å². The molecule has 0 amide bonds. The highest BCUT2D eigenvalue weighted by molar-refractivity contribution is 5.92. The number of rotatable bonds is 6. The third kappa shape index (κ3) is 3.35. The first-order valence-electron chi connectivity index (χ1n) is 6.63. The van der Waals surface area contributed by atoms with Crippen LogP contribution in [-0.2, 0) is 0 Å². The van der Waals surface area contributed by atoms with Crippen LogP contribution >= 0.6 is 0 Å². The van der Waals surface area contributed by atoms with Crippen LogP contribution in [0.2, 0.25) is 0 Å². The van der Waals surface area contributed by atoms with Gasteiger partial charge in [-0.3, -0.25) is 4.98 Å². The quantitative estimate of drug-likeness (QED) is 0.815. The molecule has 4 heteroatoms. The monoisotopic (exact) mass is 271 g/mol. The van der Waals surface area contributed by atoms with Crippen molar-refractivity contribution in [2.24, 2.45) is 0 Å². The van der Waals surface area contributed by atoms with Gasteiger partial charge in [-0.1, -0.05) is 19.4 Å². The molecule has 1 aromatic heterocycles. The number of carboxylic acid groups (broad SMARTS) is 1. The largest absolute Gasteiger partial charge is 0.493 e. The summed E-state index contributed by atoms with van der Waals surface area (Å²) in [6.45, 7) is 2.59. The standard InChI is InChI=1S/C16H17NO3/c1-2-3-10-20-15-11-13(4-5-14(15)16(18)19)12-6-8-17-9-7-12/h4-9,11H,2-3,10H2,1H3,(H,18,19). The van der Waals surface area contributed by atoms with Gasteiger partial charge >= 0.3 is 5.97 Å². The van der Waals surface area contributed by atoms with E-state index in [9.17, 15) is 9.90 Å². The van der Waals surface area contributed by atoms with E-state index in [-0.39, 0.29) is 5.56 Å². The van der Waals surface area contributed by atoms with E-state index in [0.29, 0.717) is 12.4 Å². The molecule has 0 fully saturated rings. The molecule has 1 aromatic carbocycles. The fourth-order valence-electron chi connectivity index (χ4n) is 1.87. The van der Waals surface area contributed by atoms with Crippen LogP contribution in [0.15, 0.2) is 42.7 Å². The maximum Gasteiger partial charge on any atom is 0.339 e. The van der Waals surface area contributed by atoms with Gasteiger partial charge in [0.1, 0.15) is 11.3 Å². The Morgan fingerprint density at radius 3 is 2.60 bits per heavy atom. The topological polar surface area (TPSA) is 59.4 Å². The molecular formula is C16H17NO3. The van der Waals surface area contributed by atoms with E-state index < -0.39 is 5.97 Å². The Morgan fingerprint density at radius 1 is 1.20 bits per heavy atom. The molecule has 104 valence electrons. The Morgan fingerprint density at radius 2 is 1.95 bits per heavy atom. The van der Waals surface area contributed by atoms with Crippen LogP contribution in [0.3, 0.4) is 0 Å². The Balaban J connectivity index is 2.32. The van der Waals surface area contributed by atoms with E-state index in [4.69, 9.17) is 4.74 Å². The van der Waals surface area contributed by atoms with Crippen molar-refractivity contribution in [3.63, 3.8) is 0 Å². The minimum Gasteiger partial charge on any atom is -0.493 e. The van der Waals surface area contributed by atoms with Crippen LogP contribution in [0.5, 0.6) is 5.75 Å². The molecule has 1 heterocycles. The number of nitrogens with zero attached hydrogens (tertiary/aromatic N) is 1. The van der Waals surface area contributed by atoms with Crippen molar-refractivity contribution in [1.82, 2.24) is 4.98 Å². The average molecular weight is 271 g/mol. The van der Waals surface area contributed by atoms with Crippen LogP contribution < -0.4 is 4.74 Å². The van der Waals surface area contributed by atoms with Crippen molar-refractivity contribution in [3.8, 4) is 16.9 Å². The summed E-state index contributed by atoms with van der Waals surface area (Å²) in [6.07, 6.45) is 5.32. The minimum atomic E-state index is -0.974. The third-order valence-electron chi connectivity index (χ3n) is 2.98. The number of hydrogen-bond donors (Lipinski definition) is 1. The lowest BCUT2D eigenvalue weighted by Crippen LogP contribution is -2.04. The number of unbranched alkanes of at least 4 members (excludes halogenated alkanes) is 1. The first-order chi connectivity index (χ1) is 9.72. The summed E-state index contributed by atoms with van der Waals surface area (Å²) in [6, 6.07) is 8.90. The molecule has 0 spiro atoms. The molecule has 0 aliphatic heterocycles. The normalized spacial score (nSPS) is 10.2. The van der Waals surface area contributed by atoms with Crippen LogP contribution in [0.25, 0.3) is 11.1 Å². The number of carboxylic acids is 1. The van der Waals surface area contributed by atoms with Crippen molar-refractivity contribution in [2.75, 3.05) is 6.61 Å². The summed E-state index contributed by atoms with van der Waals surface area (Å²) in [7, 11) is 0. The van der Waals surface area contributed by atoms with Gasteiger partial charge in [-0.15, -0.1) is 0 Å². The Labute approximate surface area is 118 Å². The van der Waals surface area contributed by atoms with Crippen LogP contribution in [0.4, 0.5) is 0 Å². The van der Waals surface area contributed by atoms with E-state index >= 15 is 0 Å². The highest BCUT2D eigenvalue weighted by atomic mass is 16.5. The summed E-state index contributed by atoms with van der Waals surface area (Å²) in [5, 5.41) is 9.19. The van der Waals surface area contributed by atoms with Crippen molar-refractivity contribution in [2.45, 2.75) is 19.8 Å². The number of benzene rings is 1. The minimum absolute atomic E-state index is 0.193. The number of pyridine rings is 1. The number of carbonyl (C=O) groups is 1. The molecule has 4 nitrogen and oxygen atoms in total. The van der Waals surface area contributed by atoms with Crippen LogP contribution in [0.1, 0.15) is 30.1 Å². The molecule has 20 heavy (non-hydrogen) atoms. The zero-order valence-corrected chi connectivity index (χ0v) is 11.4. The summed E-state index contributed by atoms with van der Waals surface area (Å²) >= 11 is 0. The van der Waals surface area contributed by atoms with Crippen LogP contribution in [-0.4, -0.2) is 22.7 Å². The second-order valence-electron chi connectivity index (χ2n) is 4.45. The highest BCUT2D eigenvalue weighted by Crippen LogP contribution is 2.27. The molecule has 0 aliphatic carbocycles. The molecular weight excluding hydrogens is 254 g/mol. The molecule has 0 radical (unpaired) electrons. The molecule has 0 saturated carbocycles. The lowest BCUT2D eigenvalue weighted by molar-refractivity contribution is 0.0692. The number of ether oxygens (including phenoxy) is 1. The van der Waals surface area contributed by atoms with Crippen molar-refractivity contribution >= 4 is 5.97 Å². The maximum absolute atomic E-state index is 11.2. The van der Waals surface area contributed by atoms with Gasteiger partial charge in [-0.05, 0) is 41.8 Å². The molecule has 2 rings (SSSR count). The zero-order chi connectivity index (χ0) is 14.4. The average Bonchev–Trinajstić information content (AvgIpc) is 2.48. The lowest BCUT2D eigenvalue weighted by atomic mass is 10.0. The van der Waals surface area contributed by atoms with E-state index in [0.717, 1.165) is 24.0 Å². The fraction of sp³-hybridized carbons (Fsp3) is 0.250. The van der Waals surface area contributed by atoms with Crippen molar-refractivity contribution in [3.05, 3.63) is 48.3 Å². The van der Waals surface area contributed by atoms with Gasteiger partial charge in [0.05, 0.1) is 6.61 Å². The summed E-state index contributed by atoms with van der Waals surface area (Å²) < 4.78 is 5.60. The van der Waals surface area contributed by atoms with Gasteiger partial charge in [0.25, 0.3) is 0 Å². The van der Waals surface area contributed by atoms with Gasteiger partial charge in [0, 0.05) is 12.4 Å². The van der Waals surface area contributed by atoms with Gasteiger partial charge in [-0.2, -0.15) is 0 Å². The summed E-state index contributed by atoms with van der Waals surface area (Å²) in [5.41, 5.74) is 2.10. The van der Waals surface area contributed by atoms with E-state index in [2.05, 4.69) is 11.9 Å². The zero-order valence-electron chi connectivity index (χ0n) is 11.4. The summed E-state index contributed by atoms with van der Waals surface area (Å²) in [5.74, 6) is -0.557.